The second-order valence-corrected chi connectivity index (χ2v) is 8.87. The highest BCUT2D eigenvalue weighted by Crippen LogP contribution is 2.34. The quantitative estimate of drug-likeness (QED) is 0.775. The summed E-state index contributed by atoms with van der Waals surface area (Å²) in [6, 6.07) is 2.79. The number of hydrogen-bond acceptors (Lipinski definition) is 4. The summed E-state index contributed by atoms with van der Waals surface area (Å²) in [6.07, 6.45) is 8.88. The first-order chi connectivity index (χ1) is 12.5. The van der Waals surface area contributed by atoms with Gasteiger partial charge >= 0.3 is 0 Å². The Morgan fingerprint density at radius 1 is 1.04 bits per heavy atom. The summed E-state index contributed by atoms with van der Waals surface area (Å²) in [5.74, 6) is 2.92. The Bertz CT molecular complexity index is 597. The summed E-state index contributed by atoms with van der Waals surface area (Å²) in [4.78, 5) is 24.1. The van der Waals surface area contributed by atoms with Crippen LogP contribution in [0.5, 0.6) is 0 Å². The van der Waals surface area contributed by atoms with E-state index >= 15 is 0 Å². The van der Waals surface area contributed by atoms with Crippen LogP contribution in [0.25, 0.3) is 0 Å². The van der Waals surface area contributed by atoms with Crippen molar-refractivity contribution in [3.8, 4) is 0 Å². The van der Waals surface area contributed by atoms with Gasteiger partial charge in [0.25, 0.3) is 0 Å². The largest absolute Gasteiger partial charge is 0.300 e. The highest BCUT2D eigenvalue weighted by Gasteiger charge is 2.32. The van der Waals surface area contributed by atoms with E-state index in [0.717, 1.165) is 18.7 Å². The van der Waals surface area contributed by atoms with Crippen molar-refractivity contribution in [2.24, 2.45) is 11.8 Å². The normalized spacial score (nSPS) is 25.8. The number of likely N-dealkylation sites (tertiary alicyclic amines) is 1. The molecule has 144 valence electrons. The first-order valence-corrected chi connectivity index (χ1v) is 10.6. The number of piperidine rings is 1. The van der Waals surface area contributed by atoms with Crippen LogP contribution >= 0.6 is 0 Å². The molecule has 3 rings (SSSR count). The van der Waals surface area contributed by atoms with E-state index in [4.69, 9.17) is 4.98 Å². The highest BCUT2D eigenvalue weighted by atomic mass is 16.1. The third-order valence-electron chi connectivity index (χ3n) is 6.34. The Morgan fingerprint density at radius 2 is 1.69 bits per heavy atom. The fourth-order valence-electron chi connectivity index (χ4n) is 4.65. The molecule has 0 bridgehead atoms. The average Bonchev–Trinajstić information content (AvgIpc) is 2.67. The van der Waals surface area contributed by atoms with Gasteiger partial charge in [0.05, 0.1) is 0 Å². The smallest absolute Gasteiger partial charge is 0.138 e. The van der Waals surface area contributed by atoms with Crippen LogP contribution < -0.4 is 0 Å². The molecule has 1 aromatic heterocycles. The van der Waals surface area contributed by atoms with Crippen molar-refractivity contribution in [1.29, 1.82) is 0 Å². The third kappa shape index (κ3) is 4.51. The lowest BCUT2D eigenvalue weighted by atomic mass is 9.79. The van der Waals surface area contributed by atoms with Crippen LogP contribution in [0.4, 0.5) is 0 Å². The zero-order valence-electron chi connectivity index (χ0n) is 16.9. The minimum atomic E-state index is 0.191. The van der Waals surface area contributed by atoms with Gasteiger partial charge in [0.1, 0.15) is 11.6 Å². The third-order valence-corrected chi connectivity index (χ3v) is 6.34. The molecule has 2 heterocycles. The van der Waals surface area contributed by atoms with E-state index < -0.39 is 0 Å². The van der Waals surface area contributed by atoms with Crippen LogP contribution in [0.2, 0.25) is 0 Å². The molecule has 1 aliphatic heterocycles. The van der Waals surface area contributed by atoms with E-state index in [-0.39, 0.29) is 5.92 Å². The minimum absolute atomic E-state index is 0.191. The van der Waals surface area contributed by atoms with Crippen LogP contribution in [0.3, 0.4) is 0 Å². The fourth-order valence-corrected chi connectivity index (χ4v) is 4.65. The monoisotopic (exact) mass is 357 g/mol. The van der Waals surface area contributed by atoms with Gasteiger partial charge in [-0.25, -0.2) is 9.97 Å². The summed E-state index contributed by atoms with van der Waals surface area (Å²) >= 11 is 0. The maximum Gasteiger partial charge on any atom is 0.138 e. The number of carbonyl (C=O) groups excluding carboxylic acids is 1. The molecule has 4 nitrogen and oxygen atoms in total. The van der Waals surface area contributed by atoms with Gasteiger partial charge in [-0.2, -0.15) is 0 Å². The van der Waals surface area contributed by atoms with Gasteiger partial charge in [0.15, 0.2) is 0 Å². The number of rotatable bonds is 5. The van der Waals surface area contributed by atoms with Crippen molar-refractivity contribution in [3.63, 3.8) is 0 Å². The van der Waals surface area contributed by atoms with Crippen molar-refractivity contribution in [1.82, 2.24) is 14.9 Å². The molecule has 2 aliphatic rings. The summed E-state index contributed by atoms with van der Waals surface area (Å²) in [5.41, 5.74) is 1.23. The second kappa shape index (κ2) is 8.60. The molecule has 0 spiro atoms. The van der Waals surface area contributed by atoms with Gasteiger partial charge in [-0.15, -0.1) is 0 Å². The lowest BCUT2D eigenvalue weighted by molar-refractivity contribution is -0.127. The maximum atomic E-state index is 12.2. The zero-order valence-corrected chi connectivity index (χ0v) is 16.9. The molecule has 1 aliphatic carbocycles. The number of hydrogen-bond donors (Lipinski definition) is 0. The minimum Gasteiger partial charge on any atom is -0.300 e. The van der Waals surface area contributed by atoms with Crippen molar-refractivity contribution in [3.05, 3.63) is 23.8 Å². The standard InChI is InChI=1S/C22H35N3O/c1-15(2)21(26)18-5-7-19(8-6-18)25-13-10-17(11-14-25)20-9-12-23-22(24-20)16(3)4/h9,12,15-19H,5-8,10-11,13-14H2,1-4H3/t18-,19+. The Kier molecular flexibility index (Phi) is 6.44. The molecule has 26 heavy (non-hydrogen) atoms. The van der Waals surface area contributed by atoms with Crippen molar-refractivity contribution >= 4 is 5.78 Å². The van der Waals surface area contributed by atoms with Crippen molar-refractivity contribution < 1.29 is 4.79 Å². The van der Waals surface area contributed by atoms with E-state index in [9.17, 15) is 4.79 Å². The number of nitrogens with zero attached hydrogens (tertiary/aromatic N) is 3. The summed E-state index contributed by atoms with van der Waals surface area (Å²) in [6.45, 7) is 10.7. The molecule has 1 aromatic rings. The maximum absolute atomic E-state index is 12.2. The Labute approximate surface area is 158 Å². The molecule has 0 radical (unpaired) electrons. The fraction of sp³-hybridized carbons (Fsp3) is 0.773. The predicted octanol–water partition coefficient (Wildman–Crippen LogP) is 4.56. The molecule has 0 atom stereocenters. The molecule has 4 heteroatoms. The average molecular weight is 358 g/mol. The van der Waals surface area contributed by atoms with Gasteiger partial charge in [-0.3, -0.25) is 4.79 Å². The predicted molar refractivity (Wildman–Crippen MR) is 105 cm³/mol. The van der Waals surface area contributed by atoms with Crippen molar-refractivity contribution in [2.45, 2.75) is 84.1 Å². The molecular formula is C22H35N3O. The van der Waals surface area contributed by atoms with Gasteiger partial charge < -0.3 is 4.90 Å². The summed E-state index contributed by atoms with van der Waals surface area (Å²) in [7, 11) is 0. The van der Waals surface area contributed by atoms with Gasteiger partial charge in [-0.1, -0.05) is 27.7 Å². The molecule has 1 saturated carbocycles. The molecule has 0 amide bonds. The lowest BCUT2D eigenvalue weighted by Gasteiger charge is -2.40. The van der Waals surface area contributed by atoms with Crippen LogP contribution in [-0.2, 0) is 4.79 Å². The first-order valence-electron chi connectivity index (χ1n) is 10.6. The topological polar surface area (TPSA) is 46.1 Å². The molecule has 1 saturated heterocycles. The summed E-state index contributed by atoms with van der Waals surface area (Å²) < 4.78 is 0. The van der Waals surface area contributed by atoms with Crippen LogP contribution in [0, 0.1) is 11.8 Å². The number of carbonyl (C=O) groups is 1. The van der Waals surface area contributed by atoms with E-state index in [1.807, 2.05) is 20.0 Å². The van der Waals surface area contributed by atoms with E-state index in [1.165, 1.54) is 44.5 Å². The molecule has 2 fully saturated rings. The lowest BCUT2D eigenvalue weighted by Crippen LogP contribution is -2.43. The number of aromatic nitrogens is 2. The molecule has 0 unspecified atom stereocenters. The SMILES string of the molecule is CC(C)c1nccc(C2CCN([C@H]3CC[C@@H](C(=O)C(C)C)CC3)CC2)n1. The zero-order chi connectivity index (χ0) is 18.7. The summed E-state index contributed by atoms with van der Waals surface area (Å²) in [5, 5.41) is 0. The van der Waals surface area contributed by atoms with Gasteiger partial charge in [0.2, 0.25) is 0 Å². The van der Waals surface area contributed by atoms with Crippen LogP contribution in [0.15, 0.2) is 12.3 Å². The van der Waals surface area contributed by atoms with Gasteiger partial charge in [-0.05, 0) is 57.7 Å². The second-order valence-electron chi connectivity index (χ2n) is 8.87. The van der Waals surface area contributed by atoms with E-state index in [1.54, 1.807) is 0 Å². The Hall–Kier alpha value is -1.29. The van der Waals surface area contributed by atoms with Crippen molar-refractivity contribution in [2.75, 3.05) is 13.1 Å². The van der Waals surface area contributed by atoms with Crippen LogP contribution in [-0.4, -0.2) is 39.8 Å². The number of Topliss-reactive ketones (excluding diaryl/α,β-unsaturated/α-hetero) is 1. The molecule has 0 N–H and O–H groups in total. The Morgan fingerprint density at radius 3 is 2.27 bits per heavy atom. The Balaban J connectivity index is 1.50. The molecular weight excluding hydrogens is 322 g/mol. The molecule has 0 aromatic carbocycles. The van der Waals surface area contributed by atoms with E-state index in [0.29, 0.717) is 29.6 Å². The first kappa shape index (κ1) is 19.5. The number of ketones is 1. The van der Waals surface area contributed by atoms with E-state index in [2.05, 4.69) is 29.8 Å². The van der Waals surface area contributed by atoms with Gasteiger partial charge in [0, 0.05) is 41.6 Å². The highest BCUT2D eigenvalue weighted by molar-refractivity contribution is 5.82. The van der Waals surface area contributed by atoms with Crippen LogP contribution in [0.1, 0.15) is 89.6 Å².